The van der Waals surface area contributed by atoms with Crippen LogP contribution in [0.25, 0.3) is 174 Å². The quantitative estimate of drug-likeness (QED) is 0.121. The highest BCUT2D eigenvalue weighted by molar-refractivity contribution is 6.54. The third kappa shape index (κ3) is 3.59. The second-order valence-electron chi connectivity index (χ2n) is 18.5. The van der Waals surface area contributed by atoms with E-state index in [1.807, 2.05) is 0 Å². The van der Waals surface area contributed by atoms with Gasteiger partial charge in [-0.15, -0.1) is 0 Å². The predicted molar refractivity (Wildman–Crippen MR) is 277 cm³/mol. The molecule has 0 amide bonds. The standard InChI is InChI=1S/C64H32/c1-2-11-33(12-3-1)35-15-8-16-36(31-35)54-52-32-51-41-21-9-13-34-14-10-22-48(53(34)41)59(51)60-39-19-6-7-20-40(39)61(64(52)60)63-50-30-28-47-45-26-24-43-38-18-5-4-17-37(38)42-23-25-44(56(45)55(42)43)46-27-29-49(62(54)63)58(50)57(46)47/h1-32H. The zero-order valence-electron chi connectivity index (χ0n) is 34.5. The van der Waals surface area contributed by atoms with E-state index in [0.717, 1.165) is 0 Å². The molecule has 0 saturated heterocycles. The summed E-state index contributed by atoms with van der Waals surface area (Å²) >= 11 is 0. The molecule has 0 atom stereocenters. The smallest absolute Gasteiger partial charge is 0.000674 e. The van der Waals surface area contributed by atoms with Crippen LogP contribution >= 0.6 is 0 Å². The van der Waals surface area contributed by atoms with Gasteiger partial charge in [-0.3, -0.25) is 0 Å². The summed E-state index contributed by atoms with van der Waals surface area (Å²) in [5.41, 5.74) is 10.4. The van der Waals surface area contributed by atoms with Crippen molar-refractivity contribution in [1.29, 1.82) is 0 Å². The highest BCUT2D eigenvalue weighted by atomic mass is 14.3. The van der Waals surface area contributed by atoms with E-state index in [1.54, 1.807) is 0 Å². The van der Waals surface area contributed by atoms with E-state index < -0.39 is 0 Å². The Morgan fingerprint density at radius 2 is 0.594 bits per heavy atom. The van der Waals surface area contributed by atoms with E-state index in [1.165, 1.54) is 174 Å². The molecule has 0 heteroatoms. The summed E-state index contributed by atoms with van der Waals surface area (Å²) in [5.74, 6) is 0. The molecule has 0 nitrogen and oxygen atoms in total. The van der Waals surface area contributed by atoms with Crippen molar-refractivity contribution in [3.63, 3.8) is 0 Å². The van der Waals surface area contributed by atoms with E-state index in [4.69, 9.17) is 0 Å². The van der Waals surface area contributed by atoms with Gasteiger partial charge in [0.05, 0.1) is 0 Å². The van der Waals surface area contributed by atoms with Crippen molar-refractivity contribution in [2.45, 2.75) is 0 Å². The third-order valence-corrected chi connectivity index (χ3v) is 15.7. The Kier molecular flexibility index (Phi) is 5.57. The van der Waals surface area contributed by atoms with Gasteiger partial charge in [-0.05, 0) is 186 Å². The summed E-state index contributed by atoms with van der Waals surface area (Å²) in [6.07, 6.45) is 0. The van der Waals surface area contributed by atoms with Crippen LogP contribution < -0.4 is 0 Å². The lowest BCUT2D eigenvalue weighted by Crippen LogP contribution is -1.88. The lowest BCUT2D eigenvalue weighted by Gasteiger charge is -2.16. The Hall–Kier alpha value is -8.32. The molecule has 0 bridgehead atoms. The van der Waals surface area contributed by atoms with Gasteiger partial charge in [0.2, 0.25) is 0 Å². The van der Waals surface area contributed by atoms with Crippen LogP contribution in [-0.2, 0) is 0 Å². The number of hydrogen-bond acceptors (Lipinski definition) is 0. The fourth-order valence-electron chi connectivity index (χ4n) is 13.4. The number of benzene rings is 13. The molecular formula is C64H32. The lowest BCUT2D eigenvalue weighted by atomic mass is 9.87. The lowest BCUT2D eigenvalue weighted by molar-refractivity contribution is 1.62. The molecule has 1 aliphatic rings. The van der Waals surface area contributed by atoms with Crippen molar-refractivity contribution in [3.8, 4) is 44.5 Å². The fraction of sp³-hybridized carbons (Fsp3) is 0. The number of fused-ring (bicyclic) bond motifs is 16. The molecule has 0 saturated carbocycles. The number of rotatable bonds is 2. The average molecular weight is 801 g/mol. The first-order chi connectivity index (χ1) is 31.8. The molecule has 0 heterocycles. The van der Waals surface area contributed by atoms with E-state index in [-0.39, 0.29) is 0 Å². The van der Waals surface area contributed by atoms with Crippen LogP contribution in [0.15, 0.2) is 194 Å². The SMILES string of the molecule is c1ccc(-c2cccc(-c3c4cc5c6cccc7cccc(c76)c5c5c6ccccc6c(c6c7ccc8c9ccc%10c%11c(ccc(c%12ccc(c36)c7c%128)c%119)-c3ccccc3-%10)c45)c2)cc1. The van der Waals surface area contributed by atoms with Gasteiger partial charge < -0.3 is 0 Å². The second-order valence-corrected chi connectivity index (χ2v) is 18.5. The summed E-state index contributed by atoms with van der Waals surface area (Å²) in [5, 5.41) is 32.6. The van der Waals surface area contributed by atoms with Crippen molar-refractivity contribution in [3.05, 3.63) is 194 Å². The summed E-state index contributed by atoms with van der Waals surface area (Å²) in [6.45, 7) is 0. The van der Waals surface area contributed by atoms with Crippen LogP contribution in [0, 0.1) is 0 Å². The highest BCUT2D eigenvalue weighted by Crippen LogP contribution is 2.59. The first-order valence-corrected chi connectivity index (χ1v) is 22.6. The van der Waals surface area contributed by atoms with Gasteiger partial charge in [0, 0.05) is 0 Å². The first-order valence-electron chi connectivity index (χ1n) is 22.6. The highest BCUT2D eigenvalue weighted by Gasteiger charge is 2.30. The molecule has 17 rings (SSSR count). The van der Waals surface area contributed by atoms with Gasteiger partial charge >= 0.3 is 0 Å². The molecule has 1 aliphatic carbocycles. The third-order valence-electron chi connectivity index (χ3n) is 15.7. The minimum Gasteiger partial charge on any atom is -0.0622 e. The van der Waals surface area contributed by atoms with Crippen LogP contribution in [0.5, 0.6) is 0 Å². The molecule has 16 aromatic carbocycles. The minimum absolute atomic E-state index is 1.23. The summed E-state index contributed by atoms with van der Waals surface area (Å²) in [6, 6.07) is 74.3. The molecule has 0 fully saturated rings. The molecule has 0 radical (unpaired) electrons. The Labute approximate surface area is 366 Å². The van der Waals surface area contributed by atoms with Crippen molar-refractivity contribution in [2.75, 3.05) is 0 Å². The zero-order chi connectivity index (χ0) is 41.1. The van der Waals surface area contributed by atoms with E-state index >= 15 is 0 Å². The van der Waals surface area contributed by atoms with E-state index in [0.29, 0.717) is 0 Å². The maximum atomic E-state index is 2.58. The van der Waals surface area contributed by atoms with Crippen molar-refractivity contribution >= 4 is 129 Å². The molecular weight excluding hydrogens is 769 g/mol. The van der Waals surface area contributed by atoms with Crippen LogP contribution in [0.3, 0.4) is 0 Å². The van der Waals surface area contributed by atoms with Crippen LogP contribution in [0.2, 0.25) is 0 Å². The van der Waals surface area contributed by atoms with Gasteiger partial charge in [0.15, 0.2) is 0 Å². The monoisotopic (exact) mass is 800 g/mol. The Balaban J connectivity index is 1.13. The molecule has 0 aliphatic heterocycles. The van der Waals surface area contributed by atoms with Crippen molar-refractivity contribution < 1.29 is 0 Å². The fourth-order valence-corrected chi connectivity index (χ4v) is 13.4. The first kappa shape index (κ1) is 32.4. The molecule has 0 aromatic heterocycles. The Morgan fingerprint density at radius 1 is 0.172 bits per heavy atom. The second kappa shape index (κ2) is 11.0. The maximum Gasteiger partial charge on any atom is -0.000674 e. The van der Waals surface area contributed by atoms with Crippen LogP contribution in [0.4, 0.5) is 0 Å². The van der Waals surface area contributed by atoms with Gasteiger partial charge in [0.25, 0.3) is 0 Å². The largest absolute Gasteiger partial charge is 0.0622 e. The minimum atomic E-state index is 1.23. The number of hydrogen-bond donors (Lipinski definition) is 0. The zero-order valence-corrected chi connectivity index (χ0v) is 34.5. The van der Waals surface area contributed by atoms with Crippen molar-refractivity contribution in [2.24, 2.45) is 0 Å². The molecule has 16 aromatic rings. The van der Waals surface area contributed by atoms with Gasteiger partial charge in [-0.25, -0.2) is 0 Å². The molecule has 288 valence electrons. The van der Waals surface area contributed by atoms with Gasteiger partial charge in [0.1, 0.15) is 0 Å². The van der Waals surface area contributed by atoms with E-state index in [9.17, 15) is 0 Å². The average Bonchev–Trinajstić information content (AvgIpc) is 4.08. The summed E-state index contributed by atoms with van der Waals surface area (Å²) in [7, 11) is 0. The molecule has 64 heavy (non-hydrogen) atoms. The van der Waals surface area contributed by atoms with E-state index in [2.05, 4.69) is 194 Å². The maximum absolute atomic E-state index is 2.58. The topological polar surface area (TPSA) is 0 Å². The molecule has 0 N–H and O–H groups in total. The van der Waals surface area contributed by atoms with Crippen LogP contribution in [0.1, 0.15) is 0 Å². The molecule has 0 unspecified atom stereocenters. The Morgan fingerprint density at radius 3 is 1.31 bits per heavy atom. The van der Waals surface area contributed by atoms with Gasteiger partial charge in [-0.1, -0.05) is 182 Å². The predicted octanol–water partition coefficient (Wildman–Crippen LogP) is 18.3. The van der Waals surface area contributed by atoms with Crippen molar-refractivity contribution in [1.82, 2.24) is 0 Å². The molecule has 0 spiro atoms. The van der Waals surface area contributed by atoms with Crippen LogP contribution in [-0.4, -0.2) is 0 Å². The normalized spacial score (nSPS) is 13.0. The van der Waals surface area contributed by atoms with Gasteiger partial charge in [-0.2, -0.15) is 0 Å². The summed E-state index contributed by atoms with van der Waals surface area (Å²) in [4.78, 5) is 0. The Bertz CT molecular complexity index is 4660. The summed E-state index contributed by atoms with van der Waals surface area (Å²) < 4.78 is 0.